The first kappa shape index (κ1) is 17.0. The van der Waals surface area contributed by atoms with Crippen LogP contribution in [0.25, 0.3) is 10.9 Å². The van der Waals surface area contributed by atoms with Gasteiger partial charge in [-0.2, -0.15) is 0 Å². The smallest absolute Gasteiger partial charge is 0.227 e. The van der Waals surface area contributed by atoms with Gasteiger partial charge in [0.05, 0.1) is 24.7 Å². The van der Waals surface area contributed by atoms with Gasteiger partial charge >= 0.3 is 0 Å². The van der Waals surface area contributed by atoms with Gasteiger partial charge in [0.1, 0.15) is 0 Å². The van der Waals surface area contributed by atoms with Gasteiger partial charge in [0.15, 0.2) is 0 Å². The maximum Gasteiger partial charge on any atom is 0.227 e. The monoisotopic (exact) mass is 330 g/mol. The van der Waals surface area contributed by atoms with Crippen LogP contribution in [-0.2, 0) is 20.7 Å². The molecule has 2 heterocycles. The number of carbonyl (C=O) groups excluding carboxylic acids is 1. The minimum Gasteiger partial charge on any atom is -0.382 e. The van der Waals surface area contributed by atoms with E-state index in [4.69, 9.17) is 9.47 Å². The molecule has 0 radical (unpaired) electrons. The van der Waals surface area contributed by atoms with E-state index in [0.29, 0.717) is 26.1 Å². The van der Waals surface area contributed by atoms with Gasteiger partial charge in [-0.05, 0) is 38.0 Å². The van der Waals surface area contributed by atoms with Crippen LogP contribution in [0, 0.1) is 6.92 Å². The second-order valence-corrected chi connectivity index (χ2v) is 7.22. The van der Waals surface area contributed by atoms with Crippen molar-refractivity contribution >= 4 is 16.8 Å². The van der Waals surface area contributed by atoms with Crippen LogP contribution in [0.3, 0.4) is 0 Å². The van der Waals surface area contributed by atoms with Crippen molar-refractivity contribution in [2.75, 3.05) is 26.8 Å². The molecule has 1 aliphatic rings. The van der Waals surface area contributed by atoms with Crippen LogP contribution in [0.15, 0.2) is 24.4 Å². The summed E-state index contributed by atoms with van der Waals surface area (Å²) in [4.78, 5) is 18.0. The lowest BCUT2D eigenvalue weighted by atomic mass is 10.0. The van der Waals surface area contributed by atoms with Crippen LogP contribution < -0.4 is 0 Å². The van der Waals surface area contributed by atoms with Crippen molar-refractivity contribution in [3.8, 4) is 0 Å². The lowest BCUT2D eigenvalue weighted by Gasteiger charge is -2.42. The fourth-order valence-corrected chi connectivity index (χ4v) is 3.62. The van der Waals surface area contributed by atoms with Gasteiger partial charge in [0.25, 0.3) is 0 Å². The van der Waals surface area contributed by atoms with Crippen LogP contribution in [-0.4, -0.2) is 54.3 Å². The Kier molecular flexibility index (Phi) is 4.65. The number of morpholine rings is 1. The summed E-state index contributed by atoms with van der Waals surface area (Å²) in [5, 5.41) is 1.16. The molecule has 3 rings (SSSR count). The van der Waals surface area contributed by atoms with Crippen LogP contribution in [0.2, 0.25) is 0 Å². The number of rotatable bonds is 4. The molecule has 0 unspecified atom stereocenters. The molecule has 1 aliphatic heterocycles. The lowest BCUT2D eigenvalue weighted by Crippen LogP contribution is -2.56. The van der Waals surface area contributed by atoms with Crippen LogP contribution >= 0.6 is 0 Å². The predicted molar refractivity (Wildman–Crippen MR) is 94.1 cm³/mol. The molecule has 1 N–H and O–H groups in total. The predicted octanol–water partition coefficient (Wildman–Crippen LogP) is 2.67. The quantitative estimate of drug-likeness (QED) is 0.938. The van der Waals surface area contributed by atoms with Crippen LogP contribution in [0.1, 0.15) is 25.0 Å². The number of amides is 1. The first-order valence-electron chi connectivity index (χ1n) is 8.40. The van der Waals surface area contributed by atoms with Crippen molar-refractivity contribution in [3.05, 3.63) is 35.5 Å². The fraction of sp³-hybridized carbons (Fsp3) is 0.526. The molecule has 1 aromatic heterocycles. The van der Waals surface area contributed by atoms with Crippen molar-refractivity contribution in [3.63, 3.8) is 0 Å². The summed E-state index contributed by atoms with van der Waals surface area (Å²) < 4.78 is 11.2. The molecule has 1 atom stereocenters. The highest BCUT2D eigenvalue weighted by Gasteiger charge is 2.35. The molecular formula is C19H26N2O3. The molecule has 24 heavy (non-hydrogen) atoms. The highest BCUT2D eigenvalue weighted by atomic mass is 16.5. The molecule has 1 fully saturated rings. The Morgan fingerprint density at radius 1 is 1.46 bits per heavy atom. The third kappa shape index (κ3) is 3.47. The van der Waals surface area contributed by atoms with E-state index in [1.165, 1.54) is 5.56 Å². The Morgan fingerprint density at radius 2 is 2.25 bits per heavy atom. The molecule has 130 valence electrons. The number of nitrogens with one attached hydrogen (secondary N) is 1. The number of fused-ring (bicyclic) bond motifs is 1. The number of H-pyrrole nitrogens is 1. The van der Waals surface area contributed by atoms with Crippen molar-refractivity contribution in [2.45, 2.75) is 38.9 Å². The van der Waals surface area contributed by atoms with Gasteiger partial charge in [0, 0.05) is 37.3 Å². The molecule has 1 amide bonds. The van der Waals surface area contributed by atoms with E-state index in [2.05, 4.69) is 18.0 Å². The Hall–Kier alpha value is -1.85. The molecule has 1 aromatic carbocycles. The van der Waals surface area contributed by atoms with Crippen molar-refractivity contribution in [1.82, 2.24) is 9.88 Å². The molecule has 5 heteroatoms. The highest BCUT2D eigenvalue weighted by Crippen LogP contribution is 2.25. The van der Waals surface area contributed by atoms with E-state index in [0.717, 1.165) is 16.5 Å². The SMILES string of the molecule is COC[C@@H]1CN(C(=O)Cc2c[nH]c3cccc(C)c23)CC(C)(C)O1. The van der Waals surface area contributed by atoms with Gasteiger partial charge < -0.3 is 19.4 Å². The molecule has 0 spiro atoms. The summed E-state index contributed by atoms with van der Waals surface area (Å²) in [5.41, 5.74) is 2.97. The summed E-state index contributed by atoms with van der Waals surface area (Å²) in [6.07, 6.45) is 2.28. The van der Waals surface area contributed by atoms with E-state index in [9.17, 15) is 4.79 Å². The second-order valence-electron chi connectivity index (χ2n) is 7.22. The zero-order chi connectivity index (χ0) is 17.3. The van der Waals surface area contributed by atoms with Crippen molar-refractivity contribution < 1.29 is 14.3 Å². The maximum absolute atomic E-state index is 12.9. The number of benzene rings is 1. The number of methoxy groups -OCH3 is 1. The van der Waals surface area contributed by atoms with E-state index < -0.39 is 0 Å². The number of carbonyl (C=O) groups is 1. The number of aryl methyl sites for hydroxylation is 1. The van der Waals surface area contributed by atoms with Gasteiger partial charge in [0.2, 0.25) is 5.91 Å². The van der Waals surface area contributed by atoms with Crippen molar-refractivity contribution in [2.24, 2.45) is 0 Å². The van der Waals surface area contributed by atoms with E-state index in [1.807, 2.05) is 37.1 Å². The topological polar surface area (TPSA) is 54.6 Å². The zero-order valence-electron chi connectivity index (χ0n) is 14.9. The van der Waals surface area contributed by atoms with Gasteiger partial charge in [-0.15, -0.1) is 0 Å². The molecule has 0 saturated carbocycles. The molecule has 1 saturated heterocycles. The number of aromatic amines is 1. The Labute approximate surface area is 142 Å². The fourth-order valence-electron chi connectivity index (χ4n) is 3.62. The first-order chi connectivity index (χ1) is 11.4. The number of nitrogens with zero attached hydrogens (tertiary/aromatic N) is 1. The Morgan fingerprint density at radius 3 is 3.00 bits per heavy atom. The molecular weight excluding hydrogens is 304 g/mol. The normalized spacial score (nSPS) is 20.5. The summed E-state index contributed by atoms with van der Waals surface area (Å²) in [6, 6.07) is 6.15. The van der Waals surface area contributed by atoms with E-state index in [-0.39, 0.29) is 17.6 Å². The Balaban J connectivity index is 1.78. The highest BCUT2D eigenvalue weighted by molar-refractivity contribution is 5.91. The maximum atomic E-state index is 12.9. The molecule has 0 bridgehead atoms. The van der Waals surface area contributed by atoms with Crippen LogP contribution in [0.4, 0.5) is 0 Å². The average molecular weight is 330 g/mol. The van der Waals surface area contributed by atoms with Gasteiger partial charge in [-0.1, -0.05) is 12.1 Å². The standard InChI is InChI=1S/C19H26N2O3/c1-13-6-5-7-16-18(13)14(9-20-16)8-17(22)21-10-15(11-23-4)24-19(2,3)12-21/h5-7,9,15,20H,8,10-12H2,1-4H3/t15-/m0/s1. The summed E-state index contributed by atoms with van der Waals surface area (Å²) in [5.74, 6) is 0.136. The third-order valence-corrected chi connectivity index (χ3v) is 4.52. The minimum atomic E-state index is -0.354. The first-order valence-corrected chi connectivity index (χ1v) is 8.40. The number of hydrogen-bond acceptors (Lipinski definition) is 3. The molecule has 2 aromatic rings. The van der Waals surface area contributed by atoms with Crippen molar-refractivity contribution in [1.29, 1.82) is 0 Å². The summed E-state index contributed by atoms with van der Waals surface area (Å²) in [6.45, 7) is 7.80. The van der Waals surface area contributed by atoms with E-state index in [1.54, 1.807) is 7.11 Å². The Bertz CT molecular complexity index is 735. The number of hydrogen-bond donors (Lipinski definition) is 1. The van der Waals surface area contributed by atoms with Crippen LogP contribution in [0.5, 0.6) is 0 Å². The minimum absolute atomic E-state index is 0.0765. The largest absolute Gasteiger partial charge is 0.382 e. The summed E-state index contributed by atoms with van der Waals surface area (Å²) in [7, 11) is 1.66. The number of ether oxygens (including phenoxy) is 2. The second kappa shape index (κ2) is 6.57. The van der Waals surface area contributed by atoms with Gasteiger partial charge in [-0.25, -0.2) is 0 Å². The third-order valence-electron chi connectivity index (χ3n) is 4.52. The average Bonchev–Trinajstić information content (AvgIpc) is 2.90. The zero-order valence-corrected chi connectivity index (χ0v) is 14.9. The van der Waals surface area contributed by atoms with E-state index >= 15 is 0 Å². The summed E-state index contributed by atoms with van der Waals surface area (Å²) >= 11 is 0. The number of aromatic nitrogens is 1. The molecule has 5 nitrogen and oxygen atoms in total. The lowest BCUT2D eigenvalue weighted by molar-refractivity contribution is -0.168. The van der Waals surface area contributed by atoms with Gasteiger partial charge in [-0.3, -0.25) is 4.79 Å². The molecule has 0 aliphatic carbocycles.